The Morgan fingerprint density at radius 2 is 1.76 bits per heavy atom. The number of carbonyl (C=O) groups is 1. The number of nitrogens with zero attached hydrogens (tertiary/aromatic N) is 2. The molecule has 1 amide bonds. The number of piperazine rings is 1. The molecule has 98 valence electrons. The van der Waals surface area contributed by atoms with Gasteiger partial charge in [-0.1, -0.05) is 19.8 Å². The first-order chi connectivity index (χ1) is 8.07. The van der Waals surface area contributed by atoms with E-state index in [0.29, 0.717) is 24.0 Å². The molecular weight excluding hydrogens is 212 g/mol. The van der Waals surface area contributed by atoms with Crippen LogP contribution in [0, 0.1) is 0 Å². The van der Waals surface area contributed by atoms with Gasteiger partial charge in [0.2, 0.25) is 5.91 Å². The van der Waals surface area contributed by atoms with Crippen molar-refractivity contribution < 1.29 is 4.79 Å². The van der Waals surface area contributed by atoms with Crippen molar-refractivity contribution in [3.8, 4) is 0 Å². The van der Waals surface area contributed by atoms with Gasteiger partial charge in [-0.05, 0) is 33.1 Å². The lowest BCUT2D eigenvalue weighted by Gasteiger charge is -2.50. The van der Waals surface area contributed by atoms with Crippen molar-refractivity contribution in [2.24, 2.45) is 0 Å². The summed E-state index contributed by atoms with van der Waals surface area (Å²) in [5.74, 6) is 0.324. The summed E-state index contributed by atoms with van der Waals surface area (Å²) in [6.45, 7) is 6.60. The maximum Gasteiger partial charge on any atom is 0.239 e. The van der Waals surface area contributed by atoms with E-state index < -0.39 is 0 Å². The Balaban J connectivity index is 2.22. The van der Waals surface area contributed by atoms with Gasteiger partial charge in [-0.25, -0.2) is 0 Å². The first-order valence-corrected chi connectivity index (χ1v) is 7.12. The molecule has 2 rings (SSSR count). The third-order valence-electron chi connectivity index (χ3n) is 4.90. The van der Waals surface area contributed by atoms with Crippen molar-refractivity contribution in [1.82, 2.24) is 9.80 Å². The zero-order valence-corrected chi connectivity index (χ0v) is 11.6. The topological polar surface area (TPSA) is 23.6 Å². The van der Waals surface area contributed by atoms with Crippen LogP contribution >= 0.6 is 0 Å². The third-order valence-corrected chi connectivity index (χ3v) is 4.90. The number of hydrogen-bond acceptors (Lipinski definition) is 2. The molecule has 1 saturated carbocycles. The second-order valence-corrected chi connectivity index (χ2v) is 5.74. The first-order valence-electron chi connectivity index (χ1n) is 7.12. The van der Waals surface area contributed by atoms with Crippen molar-refractivity contribution >= 4 is 5.91 Å². The lowest BCUT2D eigenvalue weighted by atomic mass is 9.95. The second kappa shape index (κ2) is 4.97. The fourth-order valence-electron chi connectivity index (χ4n) is 3.59. The average Bonchev–Trinajstić information content (AvgIpc) is 2.84. The fraction of sp³-hybridized carbons (Fsp3) is 0.929. The molecule has 3 heteroatoms. The van der Waals surface area contributed by atoms with Crippen LogP contribution in [-0.4, -0.2) is 46.9 Å². The molecule has 0 aromatic rings. The number of amides is 1. The quantitative estimate of drug-likeness (QED) is 0.736. The highest BCUT2D eigenvalue weighted by Gasteiger charge is 2.43. The molecule has 2 fully saturated rings. The predicted octanol–water partition coefficient (Wildman–Crippen LogP) is 2.26. The van der Waals surface area contributed by atoms with Crippen LogP contribution in [0.1, 0.15) is 52.9 Å². The van der Waals surface area contributed by atoms with Crippen molar-refractivity contribution in [3.05, 3.63) is 0 Å². The van der Waals surface area contributed by atoms with Crippen LogP contribution in [0.4, 0.5) is 0 Å². The Morgan fingerprint density at radius 1 is 1.18 bits per heavy atom. The Bertz CT molecular complexity index is 286. The number of carbonyl (C=O) groups excluding carboxylic acids is 1. The van der Waals surface area contributed by atoms with Gasteiger partial charge in [0, 0.05) is 25.2 Å². The smallest absolute Gasteiger partial charge is 0.239 e. The Labute approximate surface area is 105 Å². The number of likely N-dealkylation sites (N-methyl/N-ethyl adjacent to an activating group) is 1. The van der Waals surface area contributed by atoms with Crippen molar-refractivity contribution in [2.75, 3.05) is 7.05 Å². The molecule has 0 radical (unpaired) electrons. The van der Waals surface area contributed by atoms with E-state index in [1.807, 2.05) is 11.9 Å². The standard InChI is InChI=1S/C14H26N2O/c1-5-13-14(17)15(4)10(2)11(3)16(13)12-8-6-7-9-12/h10-13H,5-9H2,1-4H3. The highest BCUT2D eigenvalue weighted by atomic mass is 16.2. The van der Waals surface area contributed by atoms with E-state index in [9.17, 15) is 4.79 Å². The normalized spacial score (nSPS) is 36.8. The van der Waals surface area contributed by atoms with Gasteiger partial charge in [0.1, 0.15) is 0 Å². The van der Waals surface area contributed by atoms with Gasteiger partial charge in [-0.2, -0.15) is 0 Å². The van der Waals surface area contributed by atoms with Gasteiger partial charge in [0.05, 0.1) is 6.04 Å². The second-order valence-electron chi connectivity index (χ2n) is 5.74. The third kappa shape index (κ3) is 2.10. The van der Waals surface area contributed by atoms with Gasteiger partial charge in [0.15, 0.2) is 0 Å². The summed E-state index contributed by atoms with van der Waals surface area (Å²) >= 11 is 0. The maximum atomic E-state index is 12.4. The van der Waals surface area contributed by atoms with E-state index in [-0.39, 0.29) is 6.04 Å². The number of hydrogen-bond donors (Lipinski definition) is 0. The fourth-order valence-corrected chi connectivity index (χ4v) is 3.59. The van der Waals surface area contributed by atoms with Crippen molar-refractivity contribution in [3.63, 3.8) is 0 Å². The van der Waals surface area contributed by atoms with Crippen LogP contribution < -0.4 is 0 Å². The molecule has 17 heavy (non-hydrogen) atoms. The van der Waals surface area contributed by atoms with Crippen LogP contribution in [0.25, 0.3) is 0 Å². The molecule has 0 aromatic heterocycles. The minimum absolute atomic E-state index is 0.120. The molecule has 3 atom stereocenters. The average molecular weight is 238 g/mol. The number of rotatable bonds is 2. The van der Waals surface area contributed by atoms with Crippen molar-refractivity contribution in [1.29, 1.82) is 0 Å². The molecule has 1 heterocycles. The summed E-state index contributed by atoms with van der Waals surface area (Å²) < 4.78 is 0. The first kappa shape index (κ1) is 12.9. The van der Waals surface area contributed by atoms with Gasteiger partial charge in [-0.3, -0.25) is 9.69 Å². The zero-order chi connectivity index (χ0) is 12.6. The van der Waals surface area contributed by atoms with E-state index in [1.54, 1.807) is 0 Å². The molecule has 0 aromatic carbocycles. The van der Waals surface area contributed by atoms with E-state index in [2.05, 4.69) is 25.7 Å². The zero-order valence-electron chi connectivity index (χ0n) is 11.6. The van der Waals surface area contributed by atoms with Gasteiger partial charge >= 0.3 is 0 Å². The summed E-state index contributed by atoms with van der Waals surface area (Å²) in [7, 11) is 1.96. The Hall–Kier alpha value is -0.570. The SMILES string of the molecule is CCC1C(=O)N(C)C(C)C(C)N1C1CCCC1. The molecule has 3 unspecified atom stereocenters. The molecule has 0 N–H and O–H groups in total. The van der Waals surface area contributed by atoms with E-state index in [1.165, 1.54) is 25.7 Å². The van der Waals surface area contributed by atoms with Gasteiger partial charge in [-0.15, -0.1) is 0 Å². The largest absolute Gasteiger partial charge is 0.340 e. The highest BCUT2D eigenvalue weighted by molar-refractivity contribution is 5.83. The molecule has 2 aliphatic rings. The molecule has 3 nitrogen and oxygen atoms in total. The maximum absolute atomic E-state index is 12.4. The molecule has 0 spiro atoms. The predicted molar refractivity (Wildman–Crippen MR) is 69.9 cm³/mol. The van der Waals surface area contributed by atoms with Crippen LogP contribution in [0.15, 0.2) is 0 Å². The van der Waals surface area contributed by atoms with Crippen LogP contribution in [0.2, 0.25) is 0 Å². The highest BCUT2D eigenvalue weighted by Crippen LogP contribution is 2.32. The molecule has 0 bridgehead atoms. The van der Waals surface area contributed by atoms with E-state index in [4.69, 9.17) is 0 Å². The Kier molecular flexibility index (Phi) is 3.76. The lowest BCUT2D eigenvalue weighted by Crippen LogP contribution is -2.65. The Morgan fingerprint density at radius 3 is 2.29 bits per heavy atom. The van der Waals surface area contributed by atoms with E-state index >= 15 is 0 Å². The molecular formula is C14H26N2O. The summed E-state index contributed by atoms with van der Waals surface area (Å²) in [5.41, 5.74) is 0. The molecule has 1 aliphatic carbocycles. The minimum atomic E-state index is 0.120. The van der Waals surface area contributed by atoms with E-state index in [0.717, 1.165) is 6.42 Å². The van der Waals surface area contributed by atoms with Crippen molar-refractivity contribution in [2.45, 2.75) is 77.0 Å². The molecule has 1 aliphatic heterocycles. The minimum Gasteiger partial charge on any atom is -0.340 e. The van der Waals surface area contributed by atoms with Crippen LogP contribution in [-0.2, 0) is 4.79 Å². The van der Waals surface area contributed by atoms with Gasteiger partial charge < -0.3 is 4.90 Å². The summed E-state index contributed by atoms with van der Waals surface area (Å²) in [5, 5.41) is 0. The van der Waals surface area contributed by atoms with Crippen LogP contribution in [0.3, 0.4) is 0 Å². The summed E-state index contributed by atoms with van der Waals surface area (Å²) in [6.07, 6.45) is 6.18. The summed E-state index contributed by atoms with van der Waals surface area (Å²) in [4.78, 5) is 16.8. The monoisotopic (exact) mass is 238 g/mol. The lowest BCUT2D eigenvalue weighted by molar-refractivity contribution is -0.150. The summed E-state index contributed by atoms with van der Waals surface area (Å²) in [6, 6.07) is 1.60. The van der Waals surface area contributed by atoms with Gasteiger partial charge in [0.25, 0.3) is 0 Å². The van der Waals surface area contributed by atoms with Crippen LogP contribution in [0.5, 0.6) is 0 Å². The molecule has 1 saturated heterocycles.